The number of hydrogen-bond donors (Lipinski definition) is 2. The second-order valence-corrected chi connectivity index (χ2v) is 3.30. The van der Waals surface area contributed by atoms with Gasteiger partial charge in [-0.3, -0.25) is 0 Å². The van der Waals surface area contributed by atoms with E-state index < -0.39 is 0 Å². The molecule has 0 aliphatic heterocycles. The first-order valence-electron chi connectivity index (χ1n) is 4.91. The Balaban J connectivity index is 2.27. The minimum absolute atomic E-state index is 0.535. The van der Waals surface area contributed by atoms with Gasteiger partial charge in [0.2, 0.25) is 5.88 Å². The van der Waals surface area contributed by atoms with Gasteiger partial charge in [0.25, 0.3) is 0 Å². The van der Waals surface area contributed by atoms with Crippen molar-refractivity contribution in [2.24, 2.45) is 0 Å². The van der Waals surface area contributed by atoms with Crippen molar-refractivity contribution in [1.29, 1.82) is 0 Å². The summed E-state index contributed by atoms with van der Waals surface area (Å²) in [6.45, 7) is 0. The smallest absolute Gasteiger partial charge is 0.215 e. The number of hydrogen-bond acceptors (Lipinski definition) is 4. The largest absolute Gasteiger partial charge is 0.481 e. The van der Waals surface area contributed by atoms with Gasteiger partial charge in [-0.2, -0.15) is 0 Å². The van der Waals surface area contributed by atoms with E-state index in [2.05, 4.69) is 10.3 Å². The predicted octanol–water partition coefficient (Wildman–Crippen LogP) is 2.42. The van der Waals surface area contributed by atoms with Crippen LogP contribution in [0.25, 0.3) is 0 Å². The fourth-order valence-electron chi connectivity index (χ4n) is 1.34. The van der Waals surface area contributed by atoms with Crippen molar-refractivity contribution in [3.05, 3.63) is 42.6 Å². The van der Waals surface area contributed by atoms with Crippen molar-refractivity contribution in [2.75, 3.05) is 18.2 Å². The third-order valence-corrected chi connectivity index (χ3v) is 2.17. The Morgan fingerprint density at radius 2 is 2.00 bits per heavy atom. The lowest BCUT2D eigenvalue weighted by molar-refractivity contribution is 0.398. The molecular weight excluding hydrogens is 202 g/mol. The molecule has 0 fully saturated rings. The second-order valence-electron chi connectivity index (χ2n) is 3.30. The van der Waals surface area contributed by atoms with Crippen LogP contribution in [0.3, 0.4) is 0 Å². The summed E-state index contributed by atoms with van der Waals surface area (Å²) in [6.07, 6.45) is 1.57. The van der Waals surface area contributed by atoms with Crippen LogP contribution in [0.1, 0.15) is 0 Å². The zero-order valence-corrected chi connectivity index (χ0v) is 8.97. The van der Waals surface area contributed by atoms with Gasteiger partial charge >= 0.3 is 0 Å². The lowest BCUT2D eigenvalue weighted by Crippen LogP contribution is -1.98. The molecule has 3 N–H and O–H groups in total. The standard InChI is InChI=1S/C12H13N3O/c1-16-12-7-11(10(13)8-14-12)15-9-5-3-2-4-6-9/h2-8H,13H2,1H3,(H,14,15). The molecule has 0 aliphatic rings. The Hall–Kier alpha value is -2.23. The van der Waals surface area contributed by atoms with Crippen LogP contribution in [-0.2, 0) is 0 Å². The molecule has 16 heavy (non-hydrogen) atoms. The van der Waals surface area contributed by atoms with Crippen molar-refractivity contribution in [3.8, 4) is 5.88 Å². The molecule has 1 heterocycles. The Morgan fingerprint density at radius 3 is 2.69 bits per heavy atom. The summed E-state index contributed by atoms with van der Waals surface area (Å²) < 4.78 is 5.04. The SMILES string of the molecule is COc1cc(Nc2ccccc2)c(N)cn1. The number of ether oxygens (including phenoxy) is 1. The monoisotopic (exact) mass is 215 g/mol. The zero-order chi connectivity index (χ0) is 11.4. The van der Waals surface area contributed by atoms with E-state index in [0.29, 0.717) is 11.6 Å². The number of aromatic nitrogens is 1. The highest BCUT2D eigenvalue weighted by Gasteiger charge is 2.02. The number of para-hydroxylation sites is 1. The molecule has 2 rings (SSSR count). The molecule has 4 nitrogen and oxygen atoms in total. The second kappa shape index (κ2) is 4.53. The lowest BCUT2D eigenvalue weighted by Gasteiger charge is -2.09. The number of nitrogens with one attached hydrogen (secondary N) is 1. The highest BCUT2D eigenvalue weighted by atomic mass is 16.5. The van der Waals surface area contributed by atoms with Gasteiger partial charge in [-0.05, 0) is 12.1 Å². The lowest BCUT2D eigenvalue weighted by atomic mass is 10.3. The molecule has 0 atom stereocenters. The van der Waals surface area contributed by atoms with Crippen molar-refractivity contribution in [1.82, 2.24) is 4.98 Å². The van der Waals surface area contributed by atoms with Crippen LogP contribution in [0.5, 0.6) is 5.88 Å². The summed E-state index contributed by atoms with van der Waals surface area (Å²) >= 11 is 0. The number of nitrogens with zero attached hydrogens (tertiary/aromatic N) is 1. The fourth-order valence-corrected chi connectivity index (χ4v) is 1.34. The molecule has 1 aromatic carbocycles. The van der Waals surface area contributed by atoms with Gasteiger partial charge in [-0.1, -0.05) is 18.2 Å². The summed E-state index contributed by atoms with van der Waals surface area (Å²) in [7, 11) is 1.57. The summed E-state index contributed by atoms with van der Waals surface area (Å²) in [4.78, 5) is 4.01. The van der Waals surface area contributed by atoms with Crippen LogP contribution >= 0.6 is 0 Å². The Morgan fingerprint density at radius 1 is 1.25 bits per heavy atom. The van der Waals surface area contributed by atoms with Crippen molar-refractivity contribution < 1.29 is 4.74 Å². The van der Waals surface area contributed by atoms with Crippen LogP contribution in [-0.4, -0.2) is 12.1 Å². The molecule has 0 spiro atoms. The molecule has 1 aromatic heterocycles. The Labute approximate surface area is 94.1 Å². The maximum absolute atomic E-state index is 5.81. The number of rotatable bonds is 3. The Kier molecular flexibility index (Phi) is 2.91. The third kappa shape index (κ3) is 2.23. The van der Waals surface area contributed by atoms with Crippen LogP contribution in [0.4, 0.5) is 17.1 Å². The van der Waals surface area contributed by atoms with Crippen molar-refractivity contribution in [2.45, 2.75) is 0 Å². The predicted molar refractivity (Wildman–Crippen MR) is 64.9 cm³/mol. The van der Waals surface area contributed by atoms with E-state index in [0.717, 1.165) is 11.4 Å². The third-order valence-electron chi connectivity index (χ3n) is 2.17. The maximum Gasteiger partial charge on any atom is 0.215 e. The van der Waals surface area contributed by atoms with Gasteiger partial charge in [-0.15, -0.1) is 0 Å². The van der Waals surface area contributed by atoms with E-state index in [1.165, 1.54) is 0 Å². The maximum atomic E-state index is 5.81. The number of methoxy groups -OCH3 is 1. The molecule has 0 saturated carbocycles. The highest BCUT2D eigenvalue weighted by molar-refractivity contribution is 5.72. The molecule has 82 valence electrons. The fraction of sp³-hybridized carbons (Fsp3) is 0.0833. The average Bonchev–Trinajstić information content (AvgIpc) is 2.33. The highest BCUT2D eigenvalue weighted by Crippen LogP contribution is 2.25. The van der Waals surface area contributed by atoms with Crippen LogP contribution in [0, 0.1) is 0 Å². The number of benzene rings is 1. The number of anilines is 3. The van der Waals surface area contributed by atoms with Crippen molar-refractivity contribution >= 4 is 17.1 Å². The van der Waals surface area contributed by atoms with E-state index in [4.69, 9.17) is 10.5 Å². The minimum Gasteiger partial charge on any atom is -0.481 e. The van der Waals surface area contributed by atoms with Gasteiger partial charge in [0.15, 0.2) is 0 Å². The summed E-state index contributed by atoms with van der Waals surface area (Å²) in [5.41, 5.74) is 8.16. The topological polar surface area (TPSA) is 60.2 Å². The first-order chi connectivity index (χ1) is 7.79. The van der Waals surface area contributed by atoms with Gasteiger partial charge in [-0.25, -0.2) is 4.98 Å². The van der Waals surface area contributed by atoms with E-state index in [1.807, 2.05) is 30.3 Å². The first kappa shape index (κ1) is 10.3. The molecular formula is C12H13N3O. The van der Waals surface area contributed by atoms with E-state index >= 15 is 0 Å². The summed E-state index contributed by atoms with van der Waals surface area (Å²) in [5, 5.41) is 3.20. The molecule has 4 heteroatoms. The quantitative estimate of drug-likeness (QED) is 0.825. The van der Waals surface area contributed by atoms with E-state index in [-0.39, 0.29) is 0 Å². The zero-order valence-electron chi connectivity index (χ0n) is 8.97. The first-order valence-corrected chi connectivity index (χ1v) is 4.91. The van der Waals surface area contributed by atoms with Crippen LogP contribution in [0.2, 0.25) is 0 Å². The van der Waals surface area contributed by atoms with Crippen LogP contribution < -0.4 is 15.8 Å². The number of nitrogens with two attached hydrogens (primary N) is 1. The van der Waals surface area contributed by atoms with E-state index in [1.54, 1.807) is 19.4 Å². The van der Waals surface area contributed by atoms with Gasteiger partial charge < -0.3 is 15.8 Å². The Bertz CT molecular complexity index is 471. The molecule has 0 radical (unpaired) electrons. The molecule has 0 unspecified atom stereocenters. The van der Waals surface area contributed by atoms with Gasteiger partial charge in [0.05, 0.1) is 24.7 Å². The van der Waals surface area contributed by atoms with E-state index in [9.17, 15) is 0 Å². The van der Waals surface area contributed by atoms with Crippen molar-refractivity contribution in [3.63, 3.8) is 0 Å². The minimum atomic E-state index is 0.535. The molecule has 0 amide bonds. The molecule has 0 bridgehead atoms. The van der Waals surface area contributed by atoms with Gasteiger partial charge in [0.1, 0.15) is 0 Å². The average molecular weight is 215 g/mol. The molecule has 2 aromatic rings. The molecule has 0 aliphatic carbocycles. The number of pyridine rings is 1. The molecule has 0 saturated heterocycles. The summed E-state index contributed by atoms with van der Waals surface area (Å²) in [6, 6.07) is 11.6. The van der Waals surface area contributed by atoms with Gasteiger partial charge in [0, 0.05) is 11.8 Å². The number of nitrogen functional groups attached to an aromatic ring is 1. The normalized spacial score (nSPS) is 9.81. The van der Waals surface area contributed by atoms with Crippen LogP contribution in [0.15, 0.2) is 42.6 Å². The summed E-state index contributed by atoms with van der Waals surface area (Å²) in [5.74, 6) is 0.535.